The third-order valence-corrected chi connectivity index (χ3v) is 6.99. The molecule has 3 rings (SSSR count). The number of phenolic OH excluding ortho intramolecular Hbond substituents is 1. The maximum Gasteiger partial charge on any atom is 0.410 e. The topological polar surface area (TPSA) is 102 Å². The number of carbonyl (C=O) groups is 1. The van der Waals surface area contributed by atoms with Gasteiger partial charge in [-0.15, -0.1) is 11.6 Å². The van der Waals surface area contributed by atoms with Crippen molar-refractivity contribution in [1.29, 1.82) is 0 Å². The molecule has 1 amide bonds. The first kappa shape index (κ1) is 36.5. The predicted octanol–water partition coefficient (Wildman–Crippen LogP) is 4.64. The van der Waals surface area contributed by atoms with E-state index in [9.17, 15) is 9.90 Å². The molecule has 0 atom stereocenters. The van der Waals surface area contributed by atoms with E-state index in [0.29, 0.717) is 104 Å². The number of amides is 1. The number of benzene rings is 2. The van der Waals surface area contributed by atoms with Gasteiger partial charge in [0, 0.05) is 38.6 Å². The number of alkyl halides is 1. The largest absolute Gasteiger partial charge is 0.506 e. The van der Waals surface area contributed by atoms with E-state index in [4.69, 9.17) is 40.0 Å². The zero-order valence-corrected chi connectivity index (χ0v) is 27.7. The first-order chi connectivity index (χ1) is 21.8. The van der Waals surface area contributed by atoms with Crippen LogP contribution in [0.2, 0.25) is 0 Å². The van der Waals surface area contributed by atoms with Gasteiger partial charge in [-0.1, -0.05) is 24.3 Å². The van der Waals surface area contributed by atoms with E-state index in [1.807, 2.05) is 63.2 Å². The van der Waals surface area contributed by atoms with Crippen LogP contribution < -0.4 is 14.5 Å². The van der Waals surface area contributed by atoms with E-state index in [-0.39, 0.29) is 12.4 Å². The van der Waals surface area contributed by atoms with Gasteiger partial charge in [-0.2, -0.15) is 0 Å². The molecule has 11 nitrogen and oxygen atoms in total. The van der Waals surface area contributed by atoms with E-state index in [1.54, 1.807) is 11.0 Å². The van der Waals surface area contributed by atoms with Gasteiger partial charge < -0.3 is 48.2 Å². The van der Waals surface area contributed by atoms with E-state index < -0.39 is 11.7 Å². The minimum Gasteiger partial charge on any atom is -0.506 e. The van der Waals surface area contributed by atoms with Crippen LogP contribution in [0.4, 0.5) is 16.2 Å². The molecule has 0 saturated carbocycles. The second-order valence-electron chi connectivity index (χ2n) is 11.4. The van der Waals surface area contributed by atoms with Crippen molar-refractivity contribution >= 4 is 29.1 Å². The lowest BCUT2D eigenvalue weighted by Gasteiger charge is -2.28. The Labute approximate surface area is 272 Å². The Morgan fingerprint density at radius 2 is 1.27 bits per heavy atom. The number of anilines is 2. The number of rotatable bonds is 8. The molecule has 1 fully saturated rings. The van der Waals surface area contributed by atoms with Crippen molar-refractivity contribution in [2.24, 2.45) is 0 Å². The van der Waals surface area contributed by atoms with E-state index >= 15 is 0 Å². The lowest BCUT2D eigenvalue weighted by molar-refractivity contribution is 0.0238. The number of hydrogen-bond donors (Lipinski definition) is 1. The van der Waals surface area contributed by atoms with Crippen molar-refractivity contribution in [2.75, 3.05) is 114 Å². The smallest absolute Gasteiger partial charge is 0.410 e. The molecule has 1 aliphatic heterocycles. The maximum absolute atomic E-state index is 12.6. The van der Waals surface area contributed by atoms with Crippen LogP contribution in [0.15, 0.2) is 48.5 Å². The van der Waals surface area contributed by atoms with Gasteiger partial charge in [-0.3, -0.25) is 0 Å². The summed E-state index contributed by atoms with van der Waals surface area (Å²) in [7, 11) is 0. The van der Waals surface area contributed by atoms with E-state index in [0.717, 1.165) is 11.4 Å². The quantitative estimate of drug-likeness (QED) is 0.406. The molecule has 45 heavy (non-hydrogen) atoms. The van der Waals surface area contributed by atoms with E-state index in [2.05, 4.69) is 9.80 Å². The highest BCUT2D eigenvalue weighted by Crippen LogP contribution is 2.28. The fraction of sp³-hybridized carbons (Fsp3) is 0.606. The summed E-state index contributed by atoms with van der Waals surface area (Å²) in [5.41, 5.74) is 1.07. The Morgan fingerprint density at radius 3 is 1.78 bits per heavy atom. The molecule has 252 valence electrons. The van der Waals surface area contributed by atoms with Crippen molar-refractivity contribution in [3.8, 4) is 11.5 Å². The molecule has 2 aromatic rings. The summed E-state index contributed by atoms with van der Waals surface area (Å²) in [5.74, 6) is 1.24. The highest BCUT2D eigenvalue weighted by Gasteiger charge is 2.22. The Balaban J connectivity index is 1.56. The number of carbonyl (C=O) groups excluding carboxylic acids is 1. The number of nitrogens with zero attached hydrogens (tertiary/aromatic N) is 3. The summed E-state index contributed by atoms with van der Waals surface area (Å²) >= 11 is 5.95. The van der Waals surface area contributed by atoms with Gasteiger partial charge in [0.25, 0.3) is 0 Å². The minimum atomic E-state index is -0.595. The number of ether oxygens (including phenoxy) is 6. The summed E-state index contributed by atoms with van der Waals surface area (Å²) in [6.45, 7) is 12.8. The van der Waals surface area contributed by atoms with Gasteiger partial charge >= 0.3 is 6.09 Å². The number of para-hydroxylation sites is 4. The monoisotopic (exact) mass is 651 g/mol. The Kier molecular flexibility index (Phi) is 16.4. The average molecular weight is 652 g/mol. The minimum absolute atomic E-state index is 0.233. The third-order valence-electron chi connectivity index (χ3n) is 6.82. The highest BCUT2D eigenvalue weighted by molar-refractivity contribution is 6.18. The third kappa shape index (κ3) is 13.9. The van der Waals surface area contributed by atoms with Crippen LogP contribution in [0, 0.1) is 0 Å². The van der Waals surface area contributed by atoms with Crippen LogP contribution in [0.25, 0.3) is 0 Å². The van der Waals surface area contributed by atoms with Crippen LogP contribution in [-0.2, 0) is 23.7 Å². The van der Waals surface area contributed by atoms with Crippen molar-refractivity contribution in [1.82, 2.24) is 4.90 Å². The first-order valence-corrected chi connectivity index (χ1v) is 16.2. The SMILES string of the molecule is CC(C)(C)OC(=O)N(CCCl)CCOc1ccccc1N1CCOCCOCCN(c2ccccc2O)CCOCCOCC1. The second-order valence-corrected chi connectivity index (χ2v) is 11.8. The van der Waals surface area contributed by atoms with Crippen molar-refractivity contribution in [2.45, 2.75) is 26.4 Å². The summed E-state index contributed by atoms with van der Waals surface area (Å²) < 4.78 is 35.2. The van der Waals surface area contributed by atoms with Gasteiger partial charge in [0.15, 0.2) is 0 Å². The van der Waals surface area contributed by atoms with E-state index in [1.165, 1.54) is 0 Å². The van der Waals surface area contributed by atoms with Crippen LogP contribution in [-0.4, -0.2) is 126 Å². The molecule has 2 aromatic carbocycles. The summed E-state index contributed by atoms with van der Waals surface area (Å²) in [6, 6.07) is 15.1. The zero-order valence-electron chi connectivity index (χ0n) is 27.0. The van der Waals surface area contributed by atoms with Gasteiger partial charge in [0.2, 0.25) is 0 Å². The van der Waals surface area contributed by atoms with Crippen LogP contribution >= 0.6 is 11.6 Å². The van der Waals surface area contributed by atoms with Gasteiger partial charge in [0.1, 0.15) is 23.7 Å². The average Bonchev–Trinajstić information content (AvgIpc) is 3.00. The number of halogens is 1. The van der Waals surface area contributed by atoms with Gasteiger partial charge in [-0.05, 0) is 45.0 Å². The van der Waals surface area contributed by atoms with Crippen LogP contribution in [0.5, 0.6) is 11.5 Å². The van der Waals surface area contributed by atoms with Gasteiger partial charge in [0.05, 0.1) is 70.8 Å². The molecule has 12 heteroatoms. The Morgan fingerprint density at radius 1 is 0.778 bits per heavy atom. The molecule has 0 spiro atoms. The normalized spacial score (nSPS) is 16.8. The summed E-state index contributed by atoms with van der Waals surface area (Å²) in [5, 5.41) is 10.3. The molecule has 0 bridgehead atoms. The van der Waals surface area contributed by atoms with Crippen molar-refractivity contribution in [3.63, 3.8) is 0 Å². The molecular formula is C33H50ClN3O8. The molecule has 1 saturated heterocycles. The van der Waals surface area contributed by atoms with Crippen LogP contribution in [0.3, 0.4) is 0 Å². The lowest BCUT2D eigenvalue weighted by Crippen LogP contribution is -2.40. The molecular weight excluding hydrogens is 602 g/mol. The molecule has 0 radical (unpaired) electrons. The molecule has 1 aliphatic rings. The maximum atomic E-state index is 12.6. The summed E-state index contributed by atoms with van der Waals surface area (Å²) in [6.07, 6.45) is -0.414. The molecule has 0 aromatic heterocycles. The fourth-order valence-corrected chi connectivity index (χ4v) is 4.81. The van der Waals surface area contributed by atoms with Crippen LogP contribution in [0.1, 0.15) is 20.8 Å². The number of hydrogen-bond acceptors (Lipinski definition) is 10. The molecule has 0 aliphatic carbocycles. The zero-order chi connectivity index (χ0) is 32.3. The van der Waals surface area contributed by atoms with Gasteiger partial charge in [-0.25, -0.2) is 4.79 Å². The lowest BCUT2D eigenvalue weighted by atomic mass is 10.2. The molecule has 1 N–H and O–H groups in total. The standard InChI is InChI=1S/C33H50ClN3O8/c1-33(2,3)45-32(39)37(13-12-34)18-23-44-31-11-7-5-9-29(31)36-16-21-42-26-24-40-19-14-35(28-8-4-6-10-30(28)38)15-20-41-25-27-43-22-17-36/h4-11,38H,12-27H2,1-3H3. The number of phenols is 1. The summed E-state index contributed by atoms with van der Waals surface area (Å²) in [4.78, 5) is 18.4. The highest BCUT2D eigenvalue weighted by atomic mass is 35.5. The number of aromatic hydroxyl groups is 1. The Bertz CT molecular complexity index is 1100. The fourth-order valence-electron chi connectivity index (χ4n) is 4.61. The Hall–Kier alpha value is -2.96. The second kappa shape index (κ2) is 20.2. The first-order valence-electron chi connectivity index (χ1n) is 15.6. The van der Waals surface area contributed by atoms with Crippen molar-refractivity contribution in [3.05, 3.63) is 48.5 Å². The molecule has 0 unspecified atom stereocenters. The van der Waals surface area contributed by atoms with Crippen molar-refractivity contribution < 1.29 is 38.3 Å². The molecule has 1 heterocycles. The predicted molar refractivity (Wildman–Crippen MR) is 176 cm³/mol.